The summed E-state index contributed by atoms with van der Waals surface area (Å²) in [4.78, 5) is 13.2. The number of sulfonamides is 1. The highest BCUT2D eigenvalue weighted by Gasteiger charge is 2.28. The van der Waals surface area contributed by atoms with Crippen molar-refractivity contribution in [2.75, 3.05) is 10.8 Å². The number of hydrogen-bond donors (Lipinski definition) is 1. The summed E-state index contributed by atoms with van der Waals surface area (Å²) in [6.45, 7) is 3.62. The first-order chi connectivity index (χ1) is 16.3. The lowest BCUT2D eigenvalue weighted by Gasteiger charge is -2.22. The smallest absolute Gasteiger partial charge is 0.256 e. The molecule has 2 aromatic carbocycles. The van der Waals surface area contributed by atoms with Crippen molar-refractivity contribution in [2.45, 2.75) is 25.2 Å². The molecule has 12 heteroatoms. The number of hydrogen-bond acceptors (Lipinski definition) is 8. The molecule has 0 aliphatic carbocycles. The Morgan fingerprint density at radius 1 is 1.03 bits per heavy atom. The van der Waals surface area contributed by atoms with Crippen molar-refractivity contribution in [1.82, 2.24) is 30.6 Å². The van der Waals surface area contributed by atoms with Gasteiger partial charge in [0.25, 0.3) is 10.0 Å². The largest absolute Gasteiger partial charge is 0.266 e. The molecular formula is C22H21ClN8O2S. The van der Waals surface area contributed by atoms with Crippen molar-refractivity contribution in [3.05, 3.63) is 82.4 Å². The molecule has 0 fully saturated rings. The van der Waals surface area contributed by atoms with Gasteiger partial charge in [0.15, 0.2) is 5.82 Å². The molecule has 174 valence electrons. The number of aromatic amines is 1. The summed E-state index contributed by atoms with van der Waals surface area (Å²) in [6.07, 6.45) is 1.91. The van der Waals surface area contributed by atoms with Crippen molar-refractivity contribution in [1.29, 1.82) is 0 Å². The molecule has 0 atom stereocenters. The van der Waals surface area contributed by atoms with Crippen LogP contribution in [0.3, 0.4) is 0 Å². The van der Waals surface area contributed by atoms with E-state index in [-0.39, 0.29) is 23.8 Å². The van der Waals surface area contributed by atoms with Gasteiger partial charge in [0.2, 0.25) is 5.95 Å². The molecule has 2 heterocycles. The fraction of sp³-hybridized carbons (Fsp3) is 0.182. The molecule has 0 aliphatic rings. The van der Waals surface area contributed by atoms with Crippen LogP contribution in [0.4, 0.5) is 11.6 Å². The van der Waals surface area contributed by atoms with Gasteiger partial charge < -0.3 is 0 Å². The second kappa shape index (κ2) is 10.1. The maximum absolute atomic E-state index is 13.6. The molecule has 0 saturated heterocycles. The summed E-state index contributed by atoms with van der Waals surface area (Å²) in [5.74, 6) is 0.474. The van der Waals surface area contributed by atoms with Crippen LogP contribution in [0.2, 0.25) is 5.02 Å². The number of rotatable bonds is 8. The first-order valence-electron chi connectivity index (χ1n) is 10.3. The van der Waals surface area contributed by atoms with Gasteiger partial charge in [-0.3, -0.25) is 4.99 Å². The normalized spacial score (nSPS) is 11.7. The molecule has 0 spiro atoms. The van der Waals surface area contributed by atoms with Crippen LogP contribution in [0.15, 0.2) is 64.5 Å². The lowest BCUT2D eigenvalue weighted by molar-refractivity contribution is 0.588. The minimum atomic E-state index is -3.97. The minimum Gasteiger partial charge on any atom is -0.256 e. The Labute approximate surface area is 201 Å². The van der Waals surface area contributed by atoms with Crippen molar-refractivity contribution >= 4 is 39.5 Å². The molecule has 34 heavy (non-hydrogen) atoms. The molecule has 0 bridgehead atoms. The number of aryl methyl sites for hydroxylation is 2. The van der Waals surface area contributed by atoms with Crippen LogP contribution in [-0.4, -0.2) is 51.8 Å². The van der Waals surface area contributed by atoms with Gasteiger partial charge in [-0.15, -0.1) is 10.2 Å². The molecule has 1 N–H and O–H groups in total. The third-order valence-electron chi connectivity index (χ3n) is 4.78. The highest BCUT2D eigenvalue weighted by Crippen LogP contribution is 2.24. The van der Waals surface area contributed by atoms with Gasteiger partial charge in [-0.1, -0.05) is 28.9 Å². The van der Waals surface area contributed by atoms with Gasteiger partial charge in [0.1, 0.15) is 0 Å². The maximum Gasteiger partial charge on any atom is 0.266 e. The predicted octanol–water partition coefficient (Wildman–Crippen LogP) is 3.45. The van der Waals surface area contributed by atoms with E-state index in [2.05, 4.69) is 35.6 Å². The SMILES string of the molecule is Cc1cc(C)nc(N(CCc2nn[nH]n2)S(=O)(=O)c2ccc(N=Cc3ccc(Cl)cc3)cc2)n1. The van der Waals surface area contributed by atoms with Crippen LogP contribution in [0.5, 0.6) is 0 Å². The summed E-state index contributed by atoms with van der Waals surface area (Å²) >= 11 is 5.90. The summed E-state index contributed by atoms with van der Waals surface area (Å²) < 4.78 is 28.3. The Bertz CT molecular complexity index is 1370. The summed E-state index contributed by atoms with van der Waals surface area (Å²) in [6, 6.07) is 15.3. The highest BCUT2D eigenvalue weighted by atomic mass is 35.5. The summed E-state index contributed by atoms with van der Waals surface area (Å²) in [5, 5.41) is 14.3. The average molecular weight is 497 g/mol. The molecule has 4 aromatic rings. The predicted molar refractivity (Wildman–Crippen MR) is 129 cm³/mol. The highest BCUT2D eigenvalue weighted by molar-refractivity contribution is 7.92. The molecule has 0 aliphatic heterocycles. The standard InChI is InChI=1S/C22H21ClN8O2S/c1-15-13-16(2)26-22(25-15)31(12-11-21-27-29-30-28-21)34(32,33)20-9-7-19(8-10-20)24-14-17-3-5-18(23)6-4-17/h3-10,13-14H,11-12H2,1-2H3,(H,27,28,29,30). The molecule has 2 aromatic heterocycles. The lowest BCUT2D eigenvalue weighted by Crippen LogP contribution is -2.35. The van der Waals surface area contributed by atoms with E-state index in [1.54, 1.807) is 50.4 Å². The van der Waals surface area contributed by atoms with Gasteiger partial charge in [-0.05, 0) is 61.9 Å². The number of H-pyrrole nitrogens is 1. The zero-order chi connectivity index (χ0) is 24.1. The fourth-order valence-electron chi connectivity index (χ4n) is 3.17. The molecule has 0 radical (unpaired) electrons. The Morgan fingerprint density at radius 3 is 2.32 bits per heavy atom. The van der Waals surface area contributed by atoms with E-state index in [9.17, 15) is 8.42 Å². The Morgan fingerprint density at radius 2 is 1.71 bits per heavy atom. The topological polar surface area (TPSA) is 130 Å². The fourth-order valence-corrected chi connectivity index (χ4v) is 4.65. The first kappa shape index (κ1) is 23.5. The van der Waals surface area contributed by atoms with E-state index < -0.39 is 10.0 Å². The Hall–Kier alpha value is -3.70. The number of aromatic nitrogens is 6. The van der Waals surface area contributed by atoms with Crippen LogP contribution >= 0.6 is 11.6 Å². The van der Waals surface area contributed by atoms with Crippen molar-refractivity contribution < 1.29 is 8.42 Å². The summed E-state index contributed by atoms with van der Waals surface area (Å²) in [7, 11) is -3.97. The second-order valence-electron chi connectivity index (χ2n) is 7.41. The van der Waals surface area contributed by atoms with Gasteiger partial charge in [-0.25, -0.2) is 22.7 Å². The van der Waals surface area contributed by atoms with E-state index in [1.807, 2.05) is 12.1 Å². The number of nitrogens with one attached hydrogen (secondary N) is 1. The third kappa shape index (κ3) is 5.61. The molecule has 0 saturated carbocycles. The van der Waals surface area contributed by atoms with E-state index in [0.29, 0.717) is 27.9 Å². The lowest BCUT2D eigenvalue weighted by atomic mass is 10.2. The van der Waals surface area contributed by atoms with Gasteiger partial charge in [-0.2, -0.15) is 5.21 Å². The number of benzene rings is 2. The van der Waals surface area contributed by atoms with Crippen molar-refractivity contribution in [3.63, 3.8) is 0 Å². The van der Waals surface area contributed by atoms with Crippen molar-refractivity contribution in [2.24, 2.45) is 4.99 Å². The van der Waals surface area contributed by atoms with Gasteiger partial charge in [0, 0.05) is 35.6 Å². The van der Waals surface area contributed by atoms with Gasteiger partial charge in [0.05, 0.1) is 10.6 Å². The van der Waals surface area contributed by atoms with E-state index in [0.717, 1.165) is 9.87 Å². The molecule has 0 unspecified atom stereocenters. The number of tetrazole rings is 1. The number of nitrogens with zero attached hydrogens (tertiary/aromatic N) is 7. The molecule has 4 rings (SSSR count). The number of anilines is 1. The van der Waals surface area contributed by atoms with Crippen LogP contribution < -0.4 is 4.31 Å². The van der Waals surface area contributed by atoms with Gasteiger partial charge >= 0.3 is 0 Å². The maximum atomic E-state index is 13.6. The zero-order valence-electron chi connectivity index (χ0n) is 18.4. The second-order valence-corrected chi connectivity index (χ2v) is 9.71. The third-order valence-corrected chi connectivity index (χ3v) is 6.82. The monoisotopic (exact) mass is 496 g/mol. The Kier molecular flexibility index (Phi) is 6.94. The number of aliphatic imine (C=N–C) groups is 1. The van der Waals surface area contributed by atoms with Crippen LogP contribution in [0.1, 0.15) is 22.8 Å². The minimum absolute atomic E-state index is 0.0429. The van der Waals surface area contributed by atoms with E-state index in [1.165, 1.54) is 12.1 Å². The van der Waals surface area contributed by atoms with E-state index >= 15 is 0 Å². The first-order valence-corrected chi connectivity index (χ1v) is 12.1. The molecular weight excluding hydrogens is 476 g/mol. The van der Waals surface area contributed by atoms with Crippen LogP contribution in [-0.2, 0) is 16.4 Å². The molecule has 10 nitrogen and oxygen atoms in total. The number of halogens is 1. The summed E-state index contributed by atoms with van der Waals surface area (Å²) in [5.41, 5.74) is 2.80. The zero-order valence-corrected chi connectivity index (χ0v) is 20.0. The van der Waals surface area contributed by atoms with E-state index in [4.69, 9.17) is 11.6 Å². The van der Waals surface area contributed by atoms with Crippen molar-refractivity contribution in [3.8, 4) is 0 Å². The average Bonchev–Trinajstić information content (AvgIpc) is 3.32. The van der Waals surface area contributed by atoms with Crippen LogP contribution in [0.25, 0.3) is 0 Å². The van der Waals surface area contributed by atoms with Crippen LogP contribution in [0, 0.1) is 13.8 Å². The quantitative estimate of drug-likeness (QED) is 0.370. The molecule has 0 amide bonds. The Balaban J connectivity index is 1.61.